The number of ether oxygens (including phenoxy) is 1. The van der Waals surface area contributed by atoms with Gasteiger partial charge in [-0.15, -0.1) is 0 Å². The first kappa shape index (κ1) is 20.5. The van der Waals surface area contributed by atoms with Crippen molar-refractivity contribution in [2.45, 2.75) is 19.9 Å². The van der Waals surface area contributed by atoms with E-state index in [2.05, 4.69) is 54.1 Å². The number of hydrogen-bond acceptors (Lipinski definition) is 8. The maximum absolute atomic E-state index is 12.4. The summed E-state index contributed by atoms with van der Waals surface area (Å²) in [7, 11) is 1.53. The van der Waals surface area contributed by atoms with Crippen LogP contribution in [0.15, 0.2) is 49.1 Å². The normalized spacial score (nSPS) is 16.2. The number of nitrogens with one attached hydrogen (secondary N) is 1. The van der Waals surface area contributed by atoms with Crippen molar-refractivity contribution in [1.29, 1.82) is 0 Å². The van der Waals surface area contributed by atoms with E-state index < -0.39 is 0 Å². The third-order valence-corrected chi connectivity index (χ3v) is 5.21. The van der Waals surface area contributed by atoms with Crippen LogP contribution in [0, 0.1) is 6.92 Å². The van der Waals surface area contributed by atoms with Crippen molar-refractivity contribution in [1.82, 2.24) is 19.9 Å². The Morgan fingerprint density at radius 3 is 2.45 bits per heavy atom. The average Bonchev–Trinajstić information content (AvgIpc) is 2.80. The number of aryl methyl sites for hydroxylation is 1. The Morgan fingerprint density at radius 1 is 1.03 bits per heavy atom. The van der Waals surface area contributed by atoms with Gasteiger partial charge in [-0.3, -0.25) is 4.79 Å². The van der Waals surface area contributed by atoms with E-state index in [0.717, 1.165) is 31.0 Å². The van der Waals surface area contributed by atoms with Gasteiger partial charge in [-0.1, -0.05) is 6.07 Å². The minimum absolute atomic E-state index is 0.225. The summed E-state index contributed by atoms with van der Waals surface area (Å²) in [6.07, 6.45) is 6.60. The highest BCUT2D eigenvalue weighted by atomic mass is 16.5. The monoisotopic (exact) mass is 419 g/mol. The van der Waals surface area contributed by atoms with Crippen LogP contribution in [0.3, 0.4) is 0 Å². The molecule has 4 rings (SSSR count). The van der Waals surface area contributed by atoms with Crippen LogP contribution < -0.4 is 19.9 Å². The van der Waals surface area contributed by atoms with E-state index in [0.29, 0.717) is 23.1 Å². The van der Waals surface area contributed by atoms with Crippen LogP contribution >= 0.6 is 0 Å². The van der Waals surface area contributed by atoms with E-state index in [-0.39, 0.29) is 11.9 Å². The molecule has 3 aromatic rings. The van der Waals surface area contributed by atoms with Gasteiger partial charge in [-0.05, 0) is 31.5 Å². The Morgan fingerprint density at radius 2 is 1.84 bits per heavy atom. The molecule has 3 aromatic heterocycles. The van der Waals surface area contributed by atoms with Gasteiger partial charge < -0.3 is 19.9 Å². The SMILES string of the molecule is COc1ccc(C(=O)Nc2cnc(N3CCN(c4ccc(C)cn4)C[C@@H]3C)nc2)cn1. The van der Waals surface area contributed by atoms with E-state index >= 15 is 0 Å². The molecular formula is C22H25N7O2. The molecule has 1 atom stereocenters. The summed E-state index contributed by atoms with van der Waals surface area (Å²) < 4.78 is 5.01. The Kier molecular flexibility index (Phi) is 5.92. The second-order valence-electron chi connectivity index (χ2n) is 7.50. The van der Waals surface area contributed by atoms with Gasteiger partial charge in [0, 0.05) is 44.1 Å². The van der Waals surface area contributed by atoms with Crippen LogP contribution in [-0.4, -0.2) is 58.6 Å². The fourth-order valence-electron chi connectivity index (χ4n) is 3.48. The lowest BCUT2D eigenvalue weighted by Gasteiger charge is -2.40. The number of aromatic nitrogens is 4. The van der Waals surface area contributed by atoms with Crippen molar-refractivity contribution in [3.63, 3.8) is 0 Å². The molecule has 1 fully saturated rings. The summed E-state index contributed by atoms with van der Waals surface area (Å²) in [5.74, 6) is 1.81. The highest BCUT2D eigenvalue weighted by Gasteiger charge is 2.26. The summed E-state index contributed by atoms with van der Waals surface area (Å²) in [5.41, 5.74) is 2.11. The second kappa shape index (κ2) is 8.95. The van der Waals surface area contributed by atoms with Gasteiger partial charge in [0.25, 0.3) is 5.91 Å². The zero-order chi connectivity index (χ0) is 21.8. The predicted octanol–water partition coefficient (Wildman–Crippen LogP) is 2.55. The minimum atomic E-state index is -0.279. The summed E-state index contributed by atoms with van der Waals surface area (Å²) in [6, 6.07) is 7.66. The van der Waals surface area contributed by atoms with E-state index in [1.54, 1.807) is 24.5 Å². The molecule has 1 saturated heterocycles. The van der Waals surface area contributed by atoms with Gasteiger partial charge in [0.2, 0.25) is 11.8 Å². The van der Waals surface area contributed by atoms with Crippen LogP contribution in [0.4, 0.5) is 17.5 Å². The van der Waals surface area contributed by atoms with Gasteiger partial charge in [-0.25, -0.2) is 19.9 Å². The van der Waals surface area contributed by atoms with Crippen LogP contribution in [0.1, 0.15) is 22.8 Å². The lowest BCUT2D eigenvalue weighted by Crippen LogP contribution is -2.53. The van der Waals surface area contributed by atoms with Gasteiger partial charge in [-0.2, -0.15) is 0 Å². The molecule has 9 nitrogen and oxygen atoms in total. The molecule has 0 spiro atoms. The summed E-state index contributed by atoms with van der Waals surface area (Å²) in [4.78, 5) is 34.3. The van der Waals surface area contributed by atoms with Crippen LogP contribution in [0.25, 0.3) is 0 Å². The molecule has 1 aliphatic heterocycles. The number of nitrogens with zero attached hydrogens (tertiary/aromatic N) is 6. The molecule has 160 valence electrons. The number of amides is 1. The van der Waals surface area contributed by atoms with Gasteiger partial charge in [0.15, 0.2) is 0 Å². The molecule has 0 bridgehead atoms. The van der Waals surface area contributed by atoms with Crippen LogP contribution in [-0.2, 0) is 0 Å². The minimum Gasteiger partial charge on any atom is -0.481 e. The number of piperazine rings is 1. The van der Waals surface area contributed by atoms with Crippen molar-refractivity contribution in [3.05, 3.63) is 60.2 Å². The van der Waals surface area contributed by atoms with Crippen molar-refractivity contribution >= 4 is 23.4 Å². The van der Waals surface area contributed by atoms with E-state index in [1.807, 2.05) is 13.1 Å². The Balaban J connectivity index is 1.37. The number of carbonyl (C=O) groups is 1. The molecule has 0 radical (unpaired) electrons. The molecule has 31 heavy (non-hydrogen) atoms. The molecule has 1 aliphatic rings. The van der Waals surface area contributed by atoms with Gasteiger partial charge in [0.05, 0.1) is 30.8 Å². The van der Waals surface area contributed by atoms with Crippen molar-refractivity contribution < 1.29 is 9.53 Å². The Bertz CT molecular complexity index is 1020. The molecule has 0 aromatic carbocycles. The first-order valence-electron chi connectivity index (χ1n) is 10.1. The van der Waals surface area contributed by atoms with Crippen LogP contribution in [0.2, 0.25) is 0 Å². The molecule has 4 heterocycles. The third-order valence-electron chi connectivity index (χ3n) is 5.21. The zero-order valence-electron chi connectivity index (χ0n) is 17.8. The highest BCUT2D eigenvalue weighted by Crippen LogP contribution is 2.21. The molecule has 0 unspecified atom stereocenters. The molecule has 0 saturated carbocycles. The first-order valence-corrected chi connectivity index (χ1v) is 10.1. The smallest absolute Gasteiger partial charge is 0.257 e. The number of anilines is 3. The standard InChI is InChI=1S/C22H25N7O2/c1-15-4-6-19(23-10-15)28-8-9-29(16(2)14-28)22-25-12-18(13-26-22)27-21(30)17-5-7-20(31-3)24-11-17/h4-7,10-13,16H,8-9,14H2,1-3H3,(H,27,30)/t16-/m0/s1. The molecule has 1 amide bonds. The van der Waals surface area contributed by atoms with Crippen molar-refractivity contribution in [3.8, 4) is 5.88 Å². The van der Waals surface area contributed by atoms with E-state index in [9.17, 15) is 4.79 Å². The maximum atomic E-state index is 12.4. The maximum Gasteiger partial charge on any atom is 0.257 e. The van der Waals surface area contributed by atoms with E-state index in [4.69, 9.17) is 4.74 Å². The van der Waals surface area contributed by atoms with Crippen molar-refractivity contribution in [2.75, 3.05) is 41.9 Å². The molecule has 9 heteroatoms. The van der Waals surface area contributed by atoms with Gasteiger partial charge in [0.1, 0.15) is 5.82 Å². The van der Waals surface area contributed by atoms with Crippen molar-refractivity contribution in [2.24, 2.45) is 0 Å². The number of pyridine rings is 2. The highest BCUT2D eigenvalue weighted by molar-refractivity contribution is 6.03. The lowest BCUT2D eigenvalue weighted by atomic mass is 10.2. The topological polar surface area (TPSA) is 96.4 Å². The van der Waals surface area contributed by atoms with Crippen LogP contribution in [0.5, 0.6) is 5.88 Å². The fraction of sp³-hybridized carbons (Fsp3) is 0.318. The third kappa shape index (κ3) is 4.71. The zero-order valence-corrected chi connectivity index (χ0v) is 17.8. The largest absolute Gasteiger partial charge is 0.481 e. The fourth-order valence-corrected chi connectivity index (χ4v) is 3.48. The summed E-state index contributed by atoms with van der Waals surface area (Å²) in [5, 5.41) is 2.79. The first-order chi connectivity index (χ1) is 15.0. The number of hydrogen-bond donors (Lipinski definition) is 1. The van der Waals surface area contributed by atoms with Gasteiger partial charge >= 0.3 is 0 Å². The second-order valence-corrected chi connectivity index (χ2v) is 7.50. The number of methoxy groups -OCH3 is 1. The number of carbonyl (C=O) groups excluding carboxylic acids is 1. The predicted molar refractivity (Wildman–Crippen MR) is 119 cm³/mol. The quantitative estimate of drug-likeness (QED) is 0.674. The lowest BCUT2D eigenvalue weighted by molar-refractivity contribution is 0.102. The molecule has 1 N–H and O–H groups in total. The molecular weight excluding hydrogens is 394 g/mol. The summed E-state index contributed by atoms with van der Waals surface area (Å²) in [6.45, 7) is 6.65. The Hall–Kier alpha value is -3.75. The van der Waals surface area contributed by atoms with E-state index in [1.165, 1.54) is 13.3 Å². The molecule has 0 aliphatic carbocycles. The Labute approximate surface area is 181 Å². The average molecular weight is 419 g/mol. The number of rotatable bonds is 5. The summed E-state index contributed by atoms with van der Waals surface area (Å²) >= 11 is 0.